The van der Waals surface area contributed by atoms with Gasteiger partial charge in [0.15, 0.2) is 11.8 Å². The number of nitrogens with zero attached hydrogens (tertiary/aromatic N) is 2. The van der Waals surface area contributed by atoms with Crippen LogP contribution >= 0.6 is 11.6 Å². The molecule has 2 saturated heterocycles. The number of carbonyl (C=O) groups excluding carboxylic acids is 1. The molecule has 178 valence electrons. The molecule has 1 saturated carbocycles. The first kappa shape index (κ1) is 21.8. The lowest BCUT2D eigenvalue weighted by molar-refractivity contribution is -0.146. The largest absolute Gasteiger partial charge is 0.465 e. The number of rotatable bonds is 6. The molecule has 2 N–H and O–H groups in total. The van der Waals surface area contributed by atoms with E-state index in [2.05, 4.69) is 15.0 Å². The van der Waals surface area contributed by atoms with Crippen LogP contribution in [0.5, 0.6) is 6.01 Å². The second-order valence-electron chi connectivity index (χ2n) is 8.93. The van der Waals surface area contributed by atoms with Gasteiger partial charge >= 0.3 is 5.97 Å². The first-order valence-electron chi connectivity index (χ1n) is 11.4. The normalized spacial score (nSPS) is 27.0. The van der Waals surface area contributed by atoms with Crippen LogP contribution < -0.4 is 4.74 Å². The third kappa shape index (κ3) is 3.54. The molecule has 2 aliphatic heterocycles. The highest BCUT2D eigenvalue weighted by Gasteiger charge is 2.52. The second-order valence-corrected chi connectivity index (χ2v) is 9.34. The maximum Gasteiger partial charge on any atom is 0.316 e. The van der Waals surface area contributed by atoms with Crippen molar-refractivity contribution in [3.63, 3.8) is 0 Å². The van der Waals surface area contributed by atoms with Crippen molar-refractivity contribution >= 4 is 28.7 Å². The zero-order chi connectivity index (χ0) is 23.4. The molecular weight excluding hydrogens is 462 g/mol. The first-order chi connectivity index (χ1) is 16.5. The number of H-pyrrole nitrogens is 1. The van der Waals surface area contributed by atoms with E-state index >= 15 is 0 Å². The lowest BCUT2D eigenvalue weighted by Crippen LogP contribution is -2.34. The number of nitrogens with one attached hydrogen (secondary N) is 1. The molecule has 10 heteroatoms. The third-order valence-electron chi connectivity index (χ3n) is 6.78. The van der Waals surface area contributed by atoms with Crippen molar-refractivity contribution in [2.24, 2.45) is 0 Å². The summed E-state index contributed by atoms with van der Waals surface area (Å²) in [5, 5.41) is 10.4. The summed E-state index contributed by atoms with van der Waals surface area (Å²) in [5.74, 6) is -0.166. The van der Waals surface area contributed by atoms with Crippen LogP contribution in [-0.2, 0) is 24.4 Å². The van der Waals surface area contributed by atoms with Crippen molar-refractivity contribution in [1.82, 2.24) is 15.0 Å². The van der Waals surface area contributed by atoms with Crippen LogP contribution in [0.15, 0.2) is 30.3 Å². The molecule has 3 aromatic rings. The Balaban J connectivity index is 1.23. The monoisotopic (exact) mass is 485 g/mol. The van der Waals surface area contributed by atoms with Crippen LogP contribution in [0, 0.1) is 0 Å². The van der Waals surface area contributed by atoms with Gasteiger partial charge in [-0.2, -0.15) is 4.98 Å². The van der Waals surface area contributed by atoms with E-state index in [4.69, 9.17) is 30.5 Å². The number of hydrogen-bond acceptors (Lipinski definition) is 8. The Labute approximate surface area is 200 Å². The molecule has 0 spiro atoms. The van der Waals surface area contributed by atoms with Crippen molar-refractivity contribution in [1.29, 1.82) is 0 Å². The van der Waals surface area contributed by atoms with Crippen molar-refractivity contribution < 1.29 is 28.8 Å². The van der Waals surface area contributed by atoms with Crippen LogP contribution in [0.1, 0.15) is 25.3 Å². The summed E-state index contributed by atoms with van der Waals surface area (Å²) < 4.78 is 22.4. The topological polar surface area (TPSA) is 116 Å². The number of ether oxygens (including phenoxy) is 4. The summed E-state index contributed by atoms with van der Waals surface area (Å²) in [6.07, 6.45) is -0.142. The number of pyridine rings is 1. The van der Waals surface area contributed by atoms with Gasteiger partial charge in [0, 0.05) is 5.56 Å². The van der Waals surface area contributed by atoms with E-state index in [-0.39, 0.29) is 36.9 Å². The molecule has 0 radical (unpaired) electrons. The molecule has 0 bridgehead atoms. The first-order valence-corrected chi connectivity index (χ1v) is 11.8. The van der Waals surface area contributed by atoms with Gasteiger partial charge in [-0.15, -0.1) is 0 Å². The fraction of sp³-hybridized carbons (Fsp3) is 0.458. The van der Waals surface area contributed by atoms with Crippen molar-refractivity contribution in [2.75, 3.05) is 19.8 Å². The van der Waals surface area contributed by atoms with Gasteiger partial charge in [0.25, 0.3) is 6.01 Å². The van der Waals surface area contributed by atoms with Gasteiger partial charge in [-0.3, -0.25) is 4.79 Å². The lowest BCUT2D eigenvalue weighted by Gasteiger charge is -2.15. The van der Waals surface area contributed by atoms with E-state index in [0.717, 1.165) is 24.0 Å². The molecule has 4 unspecified atom stereocenters. The van der Waals surface area contributed by atoms with Crippen LogP contribution in [0.3, 0.4) is 0 Å². The molecule has 6 rings (SSSR count). The highest BCUT2D eigenvalue weighted by Crippen LogP contribution is 2.49. The number of aromatic nitrogens is 3. The van der Waals surface area contributed by atoms with Gasteiger partial charge < -0.3 is 29.0 Å². The number of esters is 1. The van der Waals surface area contributed by atoms with Crippen LogP contribution in [0.2, 0.25) is 5.02 Å². The highest BCUT2D eigenvalue weighted by molar-refractivity contribution is 6.33. The van der Waals surface area contributed by atoms with Crippen molar-refractivity contribution in [3.8, 4) is 17.3 Å². The molecule has 1 aliphatic carbocycles. The zero-order valence-corrected chi connectivity index (χ0v) is 19.2. The predicted octanol–water partition coefficient (Wildman–Crippen LogP) is 2.78. The van der Waals surface area contributed by atoms with Crippen molar-refractivity contribution in [3.05, 3.63) is 40.9 Å². The molecule has 34 heavy (non-hydrogen) atoms. The molecule has 4 heterocycles. The molecule has 0 amide bonds. The summed E-state index contributed by atoms with van der Waals surface area (Å²) in [6.45, 7) is 2.73. The highest BCUT2D eigenvalue weighted by atomic mass is 35.5. The minimum absolute atomic E-state index is 0.166. The van der Waals surface area contributed by atoms with Crippen LogP contribution in [0.4, 0.5) is 0 Å². The predicted molar refractivity (Wildman–Crippen MR) is 122 cm³/mol. The molecule has 4 atom stereocenters. The van der Waals surface area contributed by atoms with Gasteiger partial charge in [0.1, 0.15) is 18.3 Å². The van der Waals surface area contributed by atoms with Gasteiger partial charge in [-0.05, 0) is 31.4 Å². The summed E-state index contributed by atoms with van der Waals surface area (Å²) in [7, 11) is 0. The number of carbonyl (C=O) groups is 1. The third-order valence-corrected chi connectivity index (χ3v) is 7.06. The number of benzene rings is 1. The van der Waals surface area contributed by atoms with E-state index in [1.807, 2.05) is 31.2 Å². The van der Waals surface area contributed by atoms with Gasteiger partial charge in [-0.25, -0.2) is 4.98 Å². The smallest absolute Gasteiger partial charge is 0.316 e. The van der Waals surface area contributed by atoms with E-state index < -0.39 is 11.5 Å². The van der Waals surface area contributed by atoms with Crippen LogP contribution in [-0.4, -0.2) is 70.3 Å². The average molecular weight is 486 g/mol. The Bertz CT molecular complexity index is 1240. The van der Waals surface area contributed by atoms with Gasteiger partial charge in [0.05, 0.1) is 41.5 Å². The van der Waals surface area contributed by atoms with Gasteiger partial charge in [0.2, 0.25) is 0 Å². The zero-order valence-electron chi connectivity index (χ0n) is 18.5. The molecular formula is C24H24ClN3O6. The number of aliphatic hydroxyl groups excluding tert-OH is 1. The van der Waals surface area contributed by atoms with E-state index in [9.17, 15) is 9.90 Å². The number of fused-ring (bicyclic) bond motifs is 2. The minimum atomic E-state index is -0.643. The summed E-state index contributed by atoms with van der Waals surface area (Å²) in [5.41, 5.74) is 2.94. The summed E-state index contributed by atoms with van der Waals surface area (Å²) >= 11 is 6.55. The standard InChI is InChI=1S/C24H24ClN3O6/c1-2-31-22(30)24(7-8-24)13-5-3-12(4-6-13)18-14(25)9-15-21(27-18)28-23(26-15)34-17-11-33-19-16(29)10-32-20(17)19/h3-6,9,16-17,19-20,29H,2,7-8,10-11H2,1H3,(H,26,27,28). The molecule has 3 aliphatic rings. The van der Waals surface area contributed by atoms with Gasteiger partial charge in [-0.1, -0.05) is 35.9 Å². The number of hydrogen-bond donors (Lipinski definition) is 2. The van der Waals surface area contributed by atoms with Crippen molar-refractivity contribution in [2.45, 2.75) is 49.6 Å². The molecule has 1 aromatic carbocycles. The molecule has 2 aromatic heterocycles. The Kier molecular flexibility index (Phi) is 5.25. The average Bonchev–Trinajstić information content (AvgIpc) is 3.22. The maximum atomic E-state index is 12.4. The second kappa shape index (κ2) is 8.20. The fourth-order valence-corrected chi connectivity index (χ4v) is 5.05. The minimum Gasteiger partial charge on any atom is -0.465 e. The number of halogens is 1. The number of aromatic amines is 1. The molecule has 3 fully saturated rings. The quantitative estimate of drug-likeness (QED) is 0.512. The molecule has 9 nitrogen and oxygen atoms in total. The Morgan fingerprint density at radius 2 is 1.97 bits per heavy atom. The Hall–Kier alpha value is -2.72. The van der Waals surface area contributed by atoms with E-state index in [0.29, 0.717) is 35.1 Å². The number of imidazole rings is 1. The van der Waals surface area contributed by atoms with E-state index in [1.54, 1.807) is 6.07 Å². The summed E-state index contributed by atoms with van der Waals surface area (Å²) in [6, 6.07) is 9.75. The maximum absolute atomic E-state index is 12.4. The summed E-state index contributed by atoms with van der Waals surface area (Å²) in [4.78, 5) is 24.6. The van der Waals surface area contributed by atoms with Crippen LogP contribution in [0.25, 0.3) is 22.4 Å². The SMILES string of the molecule is CCOC(=O)C1(c2ccc(-c3nc4nc(OC5COC6C(O)COC56)[nH]c4cc3Cl)cc2)CC1. The Morgan fingerprint density at radius 1 is 1.21 bits per heavy atom. The fourth-order valence-electron chi connectivity index (χ4n) is 4.79. The van der Waals surface area contributed by atoms with E-state index in [1.165, 1.54) is 0 Å². The Morgan fingerprint density at radius 3 is 2.71 bits per heavy atom. The lowest BCUT2D eigenvalue weighted by atomic mass is 9.94. The number of aliphatic hydroxyl groups is 1.